The number of rotatable bonds is 10. The van der Waals surface area contributed by atoms with Crippen LogP contribution >= 0.6 is 0 Å². The number of benzene rings is 2. The normalized spacial score (nSPS) is 21.5. The largest absolute Gasteiger partial charge is 0.355 e. The molecule has 1 spiro atoms. The zero-order valence-corrected chi connectivity index (χ0v) is 26.3. The number of nitrogens with one attached hydrogen (secondary N) is 3. The van der Waals surface area contributed by atoms with E-state index in [2.05, 4.69) is 16.0 Å². The summed E-state index contributed by atoms with van der Waals surface area (Å²) in [5.41, 5.74) is 2.53. The molecule has 1 saturated heterocycles. The Labute approximate surface area is 265 Å². The first-order chi connectivity index (χ1) is 22.1. The molecule has 3 N–H and O–H groups in total. The number of anilines is 1. The van der Waals surface area contributed by atoms with E-state index in [-0.39, 0.29) is 17.0 Å². The van der Waals surface area contributed by atoms with Gasteiger partial charge in [-0.05, 0) is 49.2 Å². The number of nitrogens with zero attached hydrogens (tertiary/aromatic N) is 4. The minimum absolute atomic E-state index is 0.0108. The molecule has 0 radical (unpaired) electrons. The van der Waals surface area contributed by atoms with Crippen LogP contribution in [0.1, 0.15) is 40.9 Å². The molecule has 3 heterocycles. The number of aryl methyl sites for hydroxylation is 1. The van der Waals surface area contributed by atoms with Crippen molar-refractivity contribution in [1.29, 1.82) is 0 Å². The topological polar surface area (TPSA) is 115 Å². The second-order valence-electron chi connectivity index (χ2n) is 11.7. The zero-order chi connectivity index (χ0) is 32.7. The Morgan fingerprint density at radius 1 is 1.17 bits per heavy atom. The van der Waals surface area contributed by atoms with E-state index < -0.39 is 35.6 Å². The summed E-state index contributed by atoms with van der Waals surface area (Å²) < 4.78 is 37.0. The number of amides is 1. The molecule has 4 unspecified atom stereocenters. The number of methoxy groups -OCH3 is 1. The van der Waals surface area contributed by atoms with E-state index in [1.54, 1.807) is 37.2 Å². The van der Waals surface area contributed by atoms with Crippen LogP contribution < -0.4 is 21.5 Å². The van der Waals surface area contributed by atoms with Gasteiger partial charge in [0.25, 0.3) is 11.5 Å². The van der Waals surface area contributed by atoms with E-state index >= 15 is 0 Å². The summed E-state index contributed by atoms with van der Waals surface area (Å²) in [6.45, 7) is 5.15. The van der Waals surface area contributed by atoms with Crippen LogP contribution in [0, 0.1) is 24.0 Å². The molecule has 242 valence electrons. The molecular weight excluding hydrogens is 596 g/mol. The van der Waals surface area contributed by atoms with Crippen LogP contribution in [0.15, 0.2) is 65.6 Å². The third kappa shape index (κ3) is 5.60. The van der Waals surface area contributed by atoms with Crippen molar-refractivity contribution >= 4 is 11.7 Å². The fraction of sp³-hybridized carbons (Fsp3) is 0.364. The Morgan fingerprint density at radius 3 is 2.61 bits per heavy atom. The van der Waals surface area contributed by atoms with Gasteiger partial charge in [0, 0.05) is 63.1 Å². The van der Waals surface area contributed by atoms with Crippen LogP contribution in [0.5, 0.6) is 0 Å². The van der Waals surface area contributed by atoms with Gasteiger partial charge in [-0.3, -0.25) is 19.7 Å². The number of aromatic nitrogens is 3. The van der Waals surface area contributed by atoms with Crippen molar-refractivity contribution in [3.63, 3.8) is 0 Å². The average molecular weight is 634 g/mol. The fourth-order valence-corrected chi connectivity index (χ4v) is 6.28. The molecule has 6 rings (SSSR count). The summed E-state index contributed by atoms with van der Waals surface area (Å²) in [4.78, 5) is 31.4. The van der Waals surface area contributed by atoms with Crippen LogP contribution in [-0.4, -0.2) is 65.0 Å². The maximum absolute atomic E-state index is 14.2. The highest BCUT2D eigenvalue weighted by molar-refractivity contribution is 5.94. The first-order valence-electron chi connectivity index (χ1n) is 15.1. The van der Waals surface area contributed by atoms with Crippen molar-refractivity contribution in [3.8, 4) is 16.9 Å². The molecule has 1 aliphatic carbocycles. The molecule has 4 aromatic rings. The lowest BCUT2D eigenvalue weighted by molar-refractivity contribution is -0.147. The smallest absolute Gasteiger partial charge is 0.263 e. The van der Waals surface area contributed by atoms with Gasteiger partial charge in [-0.15, -0.1) is 0 Å². The number of halogens is 2. The molecule has 1 aliphatic heterocycles. The molecule has 2 aliphatic rings. The third-order valence-electron chi connectivity index (χ3n) is 8.87. The van der Waals surface area contributed by atoms with Crippen LogP contribution in [0.2, 0.25) is 0 Å². The molecule has 2 fully saturated rings. The van der Waals surface area contributed by atoms with Crippen LogP contribution in [-0.2, 0) is 16.6 Å². The third-order valence-corrected chi connectivity index (χ3v) is 8.87. The lowest BCUT2D eigenvalue weighted by Crippen LogP contribution is -2.42. The Hall–Kier alpha value is -4.43. The molecular formula is C33H37F2N7O4. The van der Waals surface area contributed by atoms with E-state index in [1.165, 1.54) is 17.7 Å². The van der Waals surface area contributed by atoms with Crippen LogP contribution in [0.4, 0.5) is 14.6 Å². The number of hydrogen-bond acceptors (Lipinski definition) is 8. The molecule has 1 saturated carbocycles. The first-order valence-corrected chi connectivity index (χ1v) is 15.1. The van der Waals surface area contributed by atoms with Crippen LogP contribution in [0.25, 0.3) is 16.9 Å². The van der Waals surface area contributed by atoms with Crippen molar-refractivity contribution in [2.45, 2.75) is 38.8 Å². The number of pyridine rings is 1. The van der Waals surface area contributed by atoms with Crippen molar-refractivity contribution in [2.24, 2.45) is 12.5 Å². The Kier molecular flexibility index (Phi) is 8.51. The zero-order valence-electron chi connectivity index (χ0n) is 26.3. The number of carbonyl (C=O) groups excluding carboxylic acids is 1. The Morgan fingerprint density at radius 2 is 1.93 bits per heavy atom. The SMILES string of the molecule is CCN1CC2(CC2NC(Nc2c(C)c(-c3cc(C(=O)NC)c(=O)n(C)c3)nn2-c2ccccc2)OC)C(c2ccc(F)c(F)c2)O1. The summed E-state index contributed by atoms with van der Waals surface area (Å²) in [5, 5.41) is 16.3. The maximum atomic E-state index is 14.2. The van der Waals surface area contributed by atoms with Crippen molar-refractivity contribution in [2.75, 3.05) is 32.6 Å². The lowest BCUT2D eigenvalue weighted by Gasteiger charge is -2.24. The van der Waals surface area contributed by atoms with Crippen LogP contribution in [0.3, 0.4) is 0 Å². The number of hydrogen-bond donors (Lipinski definition) is 3. The second kappa shape index (κ2) is 12.4. The number of ether oxygens (including phenoxy) is 1. The van der Waals surface area contributed by atoms with Gasteiger partial charge in [-0.25, -0.2) is 13.5 Å². The van der Waals surface area contributed by atoms with Crippen molar-refractivity contribution in [1.82, 2.24) is 30.0 Å². The maximum Gasteiger partial charge on any atom is 0.263 e. The Balaban J connectivity index is 1.32. The highest BCUT2D eigenvalue weighted by Crippen LogP contribution is 2.61. The van der Waals surface area contributed by atoms with Gasteiger partial charge in [0.05, 0.1) is 11.4 Å². The molecule has 4 atom stereocenters. The van der Waals surface area contributed by atoms with Crippen molar-refractivity contribution in [3.05, 3.63) is 99.5 Å². The summed E-state index contributed by atoms with van der Waals surface area (Å²) in [5.74, 6) is -1.65. The fourth-order valence-electron chi connectivity index (χ4n) is 6.28. The highest BCUT2D eigenvalue weighted by Gasteiger charge is 2.65. The van der Waals surface area contributed by atoms with Gasteiger partial charge in [-0.1, -0.05) is 31.2 Å². The quantitative estimate of drug-likeness (QED) is 0.226. The van der Waals surface area contributed by atoms with E-state index in [4.69, 9.17) is 14.7 Å². The molecule has 46 heavy (non-hydrogen) atoms. The van der Waals surface area contributed by atoms with E-state index in [0.717, 1.165) is 23.7 Å². The monoisotopic (exact) mass is 633 g/mol. The summed E-state index contributed by atoms with van der Waals surface area (Å²) in [7, 11) is 4.65. The highest BCUT2D eigenvalue weighted by atomic mass is 19.2. The van der Waals surface area contributed by atoms with E-state index in [9.17, 15) is 18.4 Å². The predicted molar refractivity (Wildman–Crippen MR) is 168 cm³/mol. The summed E-state index contributed by atoms with van der Waals surface area (Å²) in [6, 6.07) is 15.0. The predicted octanol–water partition coefficient (Wildman–Crippen LogP) is 3.88. The second-order valence-corrected chi connectivity index (χ2v) is 11.7. The van der Waals surface area contributed by atoms with Gasteiger partial charge >= 0.3 is 0 Å². The Bertz CT molecular complexity index is 1830. The number of para-hydroxylation sites is 1. The molecule has 0 bridgehead atoms. The minimum Gasteiger partial charge on any atom is -0.355 e. The van der Waals surface area contributed by atoms with Crippen molar-refractivity contribution < 1.29 is 23.1 Å². The van der Waals surface area contributed by atoms with Gasteiger partial charge in [-0.2, -0.15) is 10.2 Å². The summed E-state index contributed by atoms with van der Waals surface area (Å²) >= 11 is 0. The average Bonchev–Trinajstić information content (AvgIpc) is 3.44. The lowest BCUT2D eigenvalue weighted by atomic mass is 9.92. The van der Waals surface area contributed by atoms with E-state index in [0.29, 0.717) is 35.7 Å². The van der Waals surface area contributed by atoms with Gasteiger partial charge in [0.15, 0.2) is 18.0 Å². The molecule has 2 aromatic carbocycles. The molecule has 11 nitrogen and oxygen atoms in total. The standard InChI is InChI=1S/C33H37F2N7O4/c1-6-41-18-33(28(46-41)20-12-13-24(34)25(35)15-20)16-26(33)37-32(45-5)38-29-19(2)27(39-42(29)22-10-8-7-9-11-22)21-14-23(30(43)36-3)31(44)40(4)17-21/h7-15,17,26,28,32,37-38H,6,16,18H2,1-5H3,(H,36,43). The number of hydroxylamine groups is 2. The van der Waals surface area contributed by atoms with E-state index in [1.807, 2.05) is 49.2 Å². The molecule has 13 heteroatoms. The van der Waals surface area contributed by atoms with Gasteiger partial charge in [0.1, 0.15) is 17.5 Å². The molecule has 2 aromatic heterocycles. The minimum atomic E-state index is -0.908. The van der Waals surface area contributed by atoms with Gasteiger partial charge in [0.2, 0.25) is 0 Å². The molecule has 1 amide bonds. The summed E-state index contributed by atoms with van der Waals surface area (Å²) in [6.07, 6.45) is 1.26. The number of carbonyl (C=O) groups is 1. The first kappa shape index (κ1) is 31.5. The van der Waals surface area contributed by atoms with Gasteiger partial charge < -0.3 is 19.9 Å².